The van der Waals surface area contributed by atoms with Crippen molar-refractivity contribution in [1.82, 2.24) is 15.1 Å². The van der Waals surface area contributed by atoms with Gasteiger partial charge in [0.1, 0.15) is 5.82 Å². The number of piperazine rings is 1. The first-order chi connectivity index (χ1) is 15.1. The molecule has 2 aliphatic rings. The second-order valence-corrected chi connectivity index (χ2v) is 8.21. The zero-order valence-electron chi connectivity index (χ0n) is 17.7. The van der Waals surface area contributed by atoms with E-state index in [1.54, 1.807) is 0 Å². The summed E-state index contributed by atoms with van der Waals surface area (Å²) in [5.74, 6) is -0.895. The fraction of sp³-hybridized carbons (Fsp3) is 0.417. The maximum absolute atomic E-state index is 13.1. The van der Waals surface area contributed by atoms with E-state index in [2.05, 4.69) is 39.4 Å². The molecule has 0 saturated carbocycles. The summed E-state index contributed by atoms with van der Waals surface area (Å²) in [4.78, 5) is 31.0. The summed E-state index contributed by atoms with van der Waals surface area (Å²) in [6, 6.07) is 15.5. The monoisotopic (exact) mass is 424 g/mol. The smallest absolute Gasteiger partial charge is 0.251 e. The van der Waals surface area contributed by atoms with Crippen LogP contribution in [-0.2, 0) is 16.1 Å². The first-order valence-corrected chi connectivity index (χ1v) is 10.9. The number of rotatable bonds is 8. The van der Waals surface area contributed by atoms with Crippen molar-refractivity contribution >= 4 is 17.5 Å². The number of halogens is 1. The standard InChI is InChI=1S/C24H29FN4O2/c25-20-7-9-21(10-8-20)29-23(30)17-22(24(29)31)26-11-4-12-27-13-15-28(16-14-27)18-19-5-2-1-3-6-19/h1-3,5-10,22,26H,4,11-18H2/t22-/m1/s1. The van der Waals surface area contributed by atoms with Gasteiger partial charge in [-0.25, -0.2) is 9.29 Å². The third-order valence-corrected chi connectivity index (χ3v) is 5.99. The Morgan fingerprint density at radius 2 is 1.58 bits per heavy atom. The predicted octanol–water partition coefficient (Wildman–Crippen LogP) is 2.26. The van der Waals surface area contributed by atoms with Gasteiger partial charge >= 0.3 is 0 Å². The van der Waals surface area contributed by atoms with Crippen molar-refractivity contribution in [3.63, 3.8) is 0 Å². The Labute approximate surface area is 182 Å². The molecule has 2 heterocycles. The Morgan fingerprint density at radius 3 is 2.29 bits per heavy atom. The topological polar surface area (TPSA) is 55.9 Å². The van der Waals surface area contributed by atoms with Crippen molar-refractivity contribution in [2.45, 2.75) is 25.4 Å². The Morgan fingerprint density at radius 1 is 0.903 bits per heavy atom. The van der Waals surface area contributed by atoms with E-state index in [0.29, 0.717) is 12.2 Å². The van der Waals surface area contributed by atoms with E-state index in [1.165, 1.54) is 29.8 Å². The highest BCUT2D eigenvalue weighted by molar-refractivity contribution is 6.22. The van der Waals surface area contributed by atoms with E-state index < -0.39 is 11.9 Å². The molecule has 4 rings (SSSR count). The van der Waals surface area contributed by atoms with Gasteiger partial charge in [0.05, 0.1) is 18.2 Å². The van der Waals surface area contributed by atoms with Gasteiger partial charge in [0.15, 0.2) is 0 Å². The highest BCUT2D eigenvalue weighted by atomic mass is 19.1. The van der Waals surface area contributed by atoms with Gasteiger partial charge in [0.25, 0.3) is 5.91 Å². The molecule has 0 radical (unpaired) electrons. The number of amides is 2. The van der Waals surface area contributed by atoms with E-state index in [0.717, 1.165) is 50.6 Å². The number of carbonyl (C=O) groups is 2. The molecule has 2 amide bonds. The van der Waals surface area contributed by atoms with Gasteiger partial charge in [-0.15, -0.1) is 0 Å². The summed E-state index contributed by atoms with van der Waals surface area (Å²) < 4.78 is 13.1. The van der Waals surface area contributed by atoms with Crippen LogP contribution in [0, 0.1) is 5.82 Å². The zero-order chi connectivity index (χ0) is 21.6. The Hall–Kier alpha value is -2.61. The average molecular weight is 425 g/mol. The van der Waals surface area contributed by atoms with Gasteiger partial charge in [0, 0.05) is 32.7 Å². The van der Waals surface area contributed by atoms with Crippen LogP contribution in [0.3, 0.4) is 0 Å². The van der Waals surface area contributed by atoms with E-state index in [1.807, 2.05) is 6.07 Å². The first kappa shape index (κ1) is 21.6. The molecule has 2 aromatic carbocycles. The van der Waals surface area contributed by atoms with E-state index in [-0.39, 0.29) is 18.2 Å². The van der Waals surface area contributed by atoms with Crippen molar-refractivity contribution in [3.05, 3.63) is 66.0 Å². The molecule has 6 nitrogen and oxygen atoms in total. The minimum absolute atomic E-state index is 0.147. The number of hydrogen-bond donors (Lipinski definition) is 1. The molecule has 2 fully saturated rings. The van der Waals surface area contributed by atoms with Gasteiger partial charge in [-0.3, -0.25) is 14.5 Å². The largest absolute Gasteiger partial charge is 0.305 e. The molecule has 31 heavy (non-hydrogen) atoms. The van der Waals surface area contributed by atoms with E-state index in [9.17, 15) is 14.0 Å². The van der Waals surface area contributed by atoms with Crippen molar-refractivity contribution in [2.75, 3.05) is 44.2 Å². The van der Waals surface area contributed by atoms with Crippen LogP contribution < -0.4 is 10.2 Å². The van der Waals surface area contributed by atoms with Gasteiger partial charge in [-0.2, -0.15) is 0 Å². The van der Waals surface area contributed by atoms with Crippen LogP contribution in [0.25, 0.3) is 0 Å². The molecule has 0 aromatic heterocycles. The third kappa shape index (κ3) is 5.55. The molecule has 2 aliphatic heterocycles. The molecule has 0 aliphatic carbocycles. The summed E-state index contributed by atoms with van der Waals surface area (Å²) in [6.45, 7) is 6.87. The van der Waals surface area contributed by atoms with Gasteiger partial charge in [-0.1, -0.05) is 30.3 Å². The molecule has 2 aromatic rings. The second kappa shape index (κ2) is 10.1. The van der Waals surface area contributed by atoms with Crippen LogP contribution in [-0.4, -0.2) is 66.9 Å². The molecule has 0 bridgehead atoms. The third-order valence-electron chi connectivity index (χ3n) is 5.99. The average Bonchev–Trinajstić information content (AvgIpc) is 3.07. The maximum atomic E-state index is 13.1. The molecule has 164 valence electrons. The fourth-order valence-electron chi connectivity index (χ4n) is 4.24. The van der Waals surface area contributed by atoms with Crippen molar-refractivity contribution in [2.24, 2.45) is 0 Å². The molecule has 0 unspecified atom stereocenters. The Balaban J connectivity index is 1.16. The van der Waals surface area contributed by atoms with E-state index >= 15 is 0 Å². The molecular weight excluding hydrogens is 395 g/mol. The number of imide groups is 1. The number of hydrogen-bond acceptors (Lipinski definition) is 5. The van der Waals surface area contributed by atoms with Crippen LogP contribution in [0.15, 0.2) is 54.6 Å². The summed E-state index contributed by atoms with van der Waals surface area (Å²) in [5, 5.41) is 3.23. The summed E-state index contributed by atoms with van der Waals surface area (Å²) in [6.07, 6.45) is 1.07. The number of benzene rings is 2. The molecule has 2 saturated heterocycles. The molecular formula is C24H29FN4O2. The maximum Gasteiger partial charge on any atom is 0.251 e. The zero-order valence-corrected chi connectivity index (χ0v) is 17.7. The summed E-state index contributed by atoms with van der Waals surface area (Å²) in [7, 11) is 0. The minimum Gasteiger partial charge on any atom is -0.305 e. The SMILES string of the molecule is O=C1C[C@@H](NCCCN2CCN(Cc3ccccc3)CC2)C(=O)N1c1ccc(F)cc1. The van der Waals surface area contributed by atoms with Crippen molar-refractivity contribution in [1.29, 1.82) is 0 Å². The number of anilines is 1. The number of nitrogens with one attached hydrogen (secondary N) is 1. The summed E-state index contributed by atoms with van der Waals surface area (Å²) in [5.41, 5.74) is 1.78. The van der Waals surface area contributed by atoms with Crippen LogP contribution in [0.1, 0.15) is 18.4 Å². The van der Waals surface area contributed by atoms with Crippen LogP contribution in [0.2, 0.25) is 0 Å². The lowest BCUT2D eigenvalue weighted by Crippen LogP contribution is -2.46. The second-order valence-electron chi connectivity index (χ2n) is 8.21. The van der Waals surface area contributed by atoms with Crippen LogP contribution in [0.5, 0.6) is 0 Å². The fourth-order valence-corrected chi connectivity index (χ4v) is 4.24. The normalized spacial score (nSPS) is 20.5. The Bertz CT molecular complexity index is 882. The molecule has 1 atom stereocenters. The highest BCUT2D eigenvalue weighted by Crippen LogP contribution is 2.23. The summed E-state index contributed by atoms with van der Waals surface area (Å²) >= 11 is 0. The first-order valence-electron chi connectivity index (χ1n) is 10.9. The number of nitrogens with zero attached hydrogens (tertiary/aromatic N) is 3. The minimum atomic E-state index is -0.500. The van der Waals surface area contributed by atoms with E-state index in [4.69, 9.17) is 0 Å². The Kier molecular flexibility index (Phi) is 7.06. The molecule has 1 N–H and O–H groups in total. The molecule has 7 heteroatoms. The van der Waals surface area contributed by atoms with Gasteiger partial charge < -0.3 is 10.2 Å². The van der Waals surface area contributed by atoms with Gasteiger partial charge in [-0.05, 0) is 49.3 Å². The van der Waals surface area contributed by atoms with Crippen LogP contribution in [0.4, 0.5) is 10.1 Å². The van der Waals surface area contributed by atoms with Crippen LogP contribution >= 0.6 is 0 Å². The number of carbonyl (C=O) groups excluding carboxylic acids is 2. The van der Waals surface area contributed by atoms with Crippen molar-refractivity contribution < 1.29 is 14.0 Å². The lowest BCUT2D eigenvalue weighted by atomic mass is 10.2. The quantitative estimate of drug-likeness (QED) is 0.520. The van der Waals surface area contributed by atoms with Crippen molar-refractivity contribution in [3.8, 4) is 0 Å². The highest BCUT2D eigenvalue weighted by Gasteiger charge is 2.39. The lowest BCUT2D eigenvalue weighted by Gasteiger charge is -2.34. The van der Waals surface area contributed by atoms with Gasteiger partial charge in [0.2, 0.25) is 5.91 Å². The lowest BCUT2D eigenvalue weighted by molar-refractivity contribution is -0.121. The molecule has 0 spiro atoms. The predicted molar refractivity (Wildman–Crippen MR) is 118 cm³/mol.